The Kier molecular flexibility index (Phi) is 8.23. The minimum absolute atomic E-state index is 0.0833. The number of hydrogen-bond donors (Lipinski definition) is 2. The molecule has 0 saturated heterocycles. The zero-order valence-electron chi connectivity index (χ0n) is 4.64. The molecule has 0 aromatic heterocycles. The maximum absolute atomic E-state index is 10.9. The smallest absolute Gasteiger partial charge is 0.450 e. The second-order valence-electron chi connectivity index (χ2n) is 0.978. The molecule has 3 nitrogen and oxygen atoms in total. The fraction of sp³-hybridized carbons (Fsp3) is 0.250. The van der Waals surface area contributed by atoms with Crippen LogP contribution in [0.1, 0.15) is 6.92 Å². The molecule has 0 aromatic rings. The van der Waals surface area contributed by atoms with Crippen molar-refractivity contribution in [3.8, 4) is 0 Å². The van der Waals surface area contributed by atoms with E-state index < -0.39 is 12.0 Å². The number of carboxylic acid groups (broad SMARTS) is 2. The third-order valence-corrected chi connectivity index (χ3v) is 0.150. The van der Waals surface area contributed by atoms with Gasteiger partial charge in [-0.2, -0.15) is 0 Å². The standard InChI is InChI=1S/C3H4F2.CH2O3/c1-3(5)2-4;2-1(3)4/h2H,1H3;(H2,2,3,4). The van der Waals surface area contributed by atoms with Gasteiger partial charge in [-0.3, -0.25) is 0 Å². The van der Waals surface area contributed by atoms with Crippen LogP contribution >= 0.6 is 0 Å². The topological polar surface area (TPSA) is 57.5 Å². The summed E-state index contributed by atoms with van der Waals surface area (Å²) in [5.41, 5.74) is 0. The second kappa shape index (κ2) is 6.87. The van der Waals surface area contributed by atoms with Gasteiger partial charge in [-0.25, -0.2) is 13.6 Å². The summed E-state index contributed by atoms with van der Waals surface area (Å²) in [5.74, 6) is -0.787. The largest absolute Gasteiger partial charge is 0.503 e. The lowest BCUT2D eigenvalue weighted by molar-refractivity contribution is 0.137. The lowest BCUT2D eigenvalue weighted by Gasteiger charge is -1.65. The van der Waals surface area contributed by atoms with E-state index in [1.165, 1.54) is 0 Å². The molecular weight excluding hydrogens is 134 g/mol. The van der Waals surface area contributed by atoms with Crippen molar-refractivity contribution >= 4 is 6.16 Å². The van der Waals surface area contributed by atoms with Gasteiger partial charge in [0.2, 0.25) is 0 Å². The molecular formula is C4H6F2O3. The van der Waals surface area contributed by atoms with Crippen LogP contribution in [0.5, 0.6) is 0 Å². The van der Waals surface area contributed by atoms with Crippen LogP contribution in [0, 0.1) is 0 Å². The average Bonchev–Trinajstić information content (AvgIpc) is 1.65. The van der Waals surface area contributed by atoms with Crippen molar-refractivity contribution in [2.24, 2.45) is 0 Å². The lowest BCUT2D eigenvalue weighted by Crippen LogP contribution is -1.81. The Labute approximate surface area is 50.2 Å². The Bertz CT molecular complexity index is 102. The third kappa shape index (κ3) is 215. The van der Waals surface area contributed by atoms with Gasteiger partial charge in [-0.15, -0.1) is 0 Å². The lowest BCUT2D eigenvalue weighted by atomic mass is 10.7. The van der Waals surface area contributed by atoms with Crippen molar-refractivity contribution in [3.63, 3.8) is 0 Å². The van der Waals surface area contributed by atoms with E-state index in [-0.39, 0.29) is 6.33 Å². The first-order valence-electron chi connectivity index (χ1n) is 1.85. The molecule has 9 heavy (non-hydrogen) atoms. The molecule has 5 heteroatoms. The highest BCUT2D eigenvalue weighted by Gasteiger charge is 1.71. The van der Waals surface area contributed by atoms with Crippen LogP contribution in [-0.4, -0.2) is 16.4 Å². The van der Waals surface area contributed by atoms with Crippen molar-refractivity contribution in [1.29, 1.82) is 0 Å². The number of halogens is 2. The van der Waals surface area contributed by atoms with Crippen LogP contribution in [0.25, 0.3) is 0 Å². The SMILES string of the molecule is CC(F)=CF.O=C(O)O. The molecule has 0 spiro atoms. The van der Waals surface area contributed by atoms with Crippen molar-refractivity contribution in [3.05, 3.63) is 12.2 Å². The quantitative estimate of drug-likeness (QED) is 0.541. The summed E-state index contributed by atoms with van der Waals surface area (Å²) in [5, 5.41) is 13.9. The monoisotopic (exact) mass is 140 g/mol. The van der Waals surface area contributed by atoms with Crippen LogP contribution in [-0.2, 0) is 0 Å². The van der Waals surface area contributed by atoms with E-state index in [4.69, 9.17) is 15.0 Å². The molecule has 2 N–H and O–H groups in total. The van der Waals surface area contributed by atoms with Gasteiger partial charge in [0.15, 0.2) is 0 Å². The summed E-state index contributed by atoms with van der Waals surface area (Å²) in [6.45, 7) is 1.04. The van der Waals surface area contributed by atoms with Crippen LogP contribution in [0.3, 0.4) is 0 Å². The fourth-order valence-electron chi connectivity index (χ4n) is 0. The van der Waals surface area contributed by atoms with Gasteiger partial charge >= 0.3 is 6.16 Å². The first-order valence-corrected chi connectivity index (χ1v) is 1.85. The van der Waals surface area contributed by atoms with Gasteiger partial charge in [0.25, 0.3) is 0 Å². The van der Waals surface area contributed by atoms with E-state index in [0.717, 1.165) is 6.92 Å². The Balaban J connectivity index is 0. The highest BCUT2D eigenvalue weighted by Crippen LogP contribution is 1.89. The molecule has 0 rings (SSSR count). The van der Waals surface area contributed by atoms with E-state index >= 15 is 0 Å². The number of carbonyl (C=O) groups is 1. The van der Waals surface area contributed by atoms with E-state index in [1.807, 2.05) is 0 Å². The van der Waals surface area contributed by atoms with E-state index in [2.05, 4.69) is 0 Å². The number of hydrogen-bond acceptors (Lipinski definition) is 1. The minimum atomic E-state index is -1.83. The summed E-state index contributed by atoms with van der Waals surface area (Å²) in [7, 11) is 0. The van der Waals surface area contributed by atoms with Crippen molar-refractivity contribution in [2.45, 2.75) is 6.92 Å². The zero-order chi connectivity index (χ0) is 7.86. The normalized spacial score (nSPS) is 9.44. The first kappa shape index (κ1) is 10.8. The maximum atomic E-state index is 10.9. The van der Waals surface area contributed by atoms with Gasteiger partial charge in [0.1, 0.15) is 12.2 Å². The van der Waals surface area contributed by atoms with Crippen molar-refractivity contribution in [2.75, 3.05) is 0 Å². The molecule has 0 heterocycles. The summed E-state index contributed by atoms with van der Waals surface area (Å²) >= 11 is 0. The Morgan fingerprint density at radius 1 is 1.56 bits per heavy atom. The molecule has 0 bridgehead atoms. The first-order chi connectivity index (χ1) is 4.00. The van der Waals surface area contributed by atoms with Gasteiger partial charge in [0.05, 0.1) is 0 Å². The molecule has 0 aliphatic carbocycles. The Morgan fingerprint density at radius 3 is 1.67 bits per heavy atom. The summed E-state index contributed by atoms with van der Waals surface area (Å²) < 4.78 is 21.5. The van der Waals surface area contributed by atoms with Gasteiger partial charge < -0.3 is 10.2 Å². The van der Waals surface area contributed by atoms with Crippen molar-refractivity contribution in [1.82, 2.24) is 0 Å². The number of rotatable bonds is 0. The molecule has 0 radical (unpaired) electrons. The molecule has 0 aromatic carbocycles. The van der Waals surface area contributed by atoms with Crippen LogP contribution in [0.15, 0.2) is 12.2 Å². The minimum Gasteiger partial charge on any atom is -0.450 e. The van der Waals surface area contributed by atoms with Gasteiger partial charge in [-0.1, -0.05) is 0 Å². The highest BCUT2D eigenvalue weighted by atomic mass is 19.2. The zero-order valence-corrected chi connectivity index (χ0v) is 4.64. The predicted molar refractivity (Wildman–Crippen MR) is 26.6 cm³/mol. The average molecular weight is 140 g/mol. The third-order valence-electron chi connectivity index (χ3n) is 0.150. The van der Waals surface area contributed by atoms with Crippen LogP contribution in [0.2, 0.25) is 0 Å². The van der Waals surface area contributed by atoms with Gasteiger partial charge in [0, 0.05) is 0 Å². The fourth-order valence-corrected chi connectivity index (χ4v) is 0. The molecule has 0 atom stereocenters. The number of allylic oxidation sites excluding steroid dienone is 1. The van der Waals surface area contributed by atoms with E-state index in [1.54, 1.807) is 0 Å². The van der Waals surface area contributed by atoms with Crippen LogP contribution in [0.4, 0.5) is 13.6 Å². The van der Waals surface area contributed by atoms with Crippen LogP contribution < -0.4 is 0 Å². The van der Waals surface area contributed by atoms with Crippen molar-refractivity contribution < 1.29 is 23.8 Å². The summed E-state index contributed by atoms with van der Waals surface area (Å²) in [4.78, 5) is 8.56. The molecule has 0 fully saturated rings. The summed E-state index contributed by atoms with van der Waals surface area (Å²) in [6, 6.07) is 0. The van der Waals surface area contributed by atoms with E-state index in [9.17, 15) is 8.78 Å². The van der Waals surface area contributed by atoms with Gasteiger partial charge in [-0.05, 0) is 6.92 Å². The molecule has 54 valence electrons. The Hall–Kier alpha value is -1.13. The summed E-state index contributed by atoms with van der Waals surface area (Å²) in [6.07, 6.45) is -1.92. The predicted octanol–water partition coefficient (Wildman–Crippen LogP) is 2.01. The molecule has 0 aliphatic heterocycles. The van der Waals surface area contributed by atoms with E-state index in [0.29, 0.717) is 0 Å². The molecule has 0 aliphatic rings. The second-order valence-corrected chi connectivity index (χ2v) is 0.978. The molecule has 0 amide bonds. The highest BCUT2D eigenvalue weighted by molar-refractivity contribution is 5.53. The molecule has 0 unspecified atom stereocenters. The maximum Gasteiger partial charge on any atom is 0.503 e. The Morgan fingerprint density at radius 2 is 1.67 bits per heavy atom. The molecule has 0 saturated carbocycles.